The maximum atomic E-state index is 12.8. The van der Waals surface area contributed by atoms with Gasteiger partial charge in [0.05, 0.1) is 4.90 Å². The molecular formula is C19H21ClN2O4S. The molecule has 0 aliphatic carbocycles. The topological polar surface area (TPSA) is 86.7 Å². The Labute approximate surface area is 163 Å². The molecule has 0 spiro atoms. The van der Waals surface area contributed by atoms with Gasteiger partial charge in [-0.2, -0.15) is 4.31 Å². The van der Waals surface area contributed by atoms with Gasteiger partial charge in [0.1, 0.15) is 5.75 Å². The van der Waals surface area contributed by atoms with Crippen molar-refractivity contribution >= 4 is 27.5 Å². The zero-order valence-corrected chi connectivity index (χ0v) is 16.3. The summed E-state index contributed by atoms with van der Waals surface area (Å²) >= 11 is 5.90. The second-order valence-electron chi connectivity index (χ2n) is 6.45. The molecule has 1 aliphatic rings. The molecule has 0 saturated carbocycles. The monoisotopic (exact) mass is 408 g/mol. The van der Waals surface area contributed by atoms with Gasteiger partial charge < -0.3 is 10.4 Å². The number of aromatic hydroxyl groups is 1. The number of phenolic OH excluding ortho intramolecular Hbond substituents is 1. The third-order valence-electron chi connectivity index (χ3n) is 4.53. The third kappa shape index (κ3) is 4.61. The number of rotatable bonds is 5. The van der Waals surface area contributed by atoms with E-state index in [2.05, 4.69) is 5.32 Å². The van der Waals surface area contributed by atoms with E-state index in [1.54, 1.807) is 24.3 Å². The number of amides is 1. The van der Waals surface area contributed by atoms with Crippen LogP contribution in [0.25, 0.3) is 0 Å². The lowest BCUT2D eigenvalue weighted by atomic mass is 10.2. The van der Waals surface area contributed by atoms with Gasteiger partial charge in [-0.1, -0.05) is 24.1 Å². The van der Waals surface area contributed by atoms with Crippen LogP contribution in [-0.4, -0.2) is 36.8 Å². The van der Waals surface area contributed by atoms with Crippen molar-refractivity contribution in [2.24, 2.45) is 0 Å². The molecule has 8 heteroatoms. The summed E-state index contributed by atoms with van der Waals surface area (Å²) in [5.74, 6) is -0.397. The Hall–Kier alpha value is -2.09. The molecule has 6 nitrogen and oxygen atoms in total. The van der Waals surface area contributed by atoms with Crippen molar-refractivity contribution < 1.29 is 18.3 Å². The van der Waals surface area contributed by atoms with Crippen molar-refractivity contribution in [3.8, 4) is 5.75 Å². The van der Waals surface area contributed by atoms with Crippen LogP contribution in [0.15, 0.2) is 47.4 Å². The predicted molar refractivity (Wildman–Crippen MR) is 103 cm³/mol. The molecule has 1 heterocycles. The molecule has 2 aromatic carbocycles. The highest BCUT2D eigenvalue weighted by Gasteiger charge is 2.26. The van der Waals surface area contributed by atoms with E-state index in [4.69, 9.17) is 11.6 Å². The largest absolute Gasteiger partial charge is 0.508 e. The Morgan fingerprint density at radius 3 is 2.59 bits per heavy atom. The van der Waals surface area contributed by atoms with Crippen LogP contribution in [0, 0.1) is 0 Å². The van der Waals surface area contributed by atoms with Crippen molar-refractivity contribution in [2.45, 2.75) is 30.7 Å². The van der Waals surface area contributed by atoms with E-state index in [1.807, 2.05) is 0 Å². The zero-order valence-electron chi connectivity index (χ0n) is 14.7. The van der Waals surface area contributed by atoms with Crippen molar-refractivity contribution in [3.05, 3.63) is 58.6 Å². The van der Waals surface area contributed by atoms with E-state index in [0.717, 1.165) is 19.3 Å². The normalized spacial score (nSPS) is 15.4. The highest BCUT2D eigenvalue weighted by molar-refractivity contribution is 7.89. The van der Waals surface area contributed by atoms with Crippen LogP contribution in [-0.2, 0) is 16.6 Å². The van der Waals surface area contributed by atoms with E-state index in [-0.39, 0.29) is 22.8 Å². The van der Waals surface area contributed by atoms with Crippen LogP contribution in [0.1, 0.15) is 35.2 Å². The Morgan fingerprint density at radius 1 is 1.11 bits per heavy atom. The minimum Gasteiger partial charge on any atom is -0.508 e. The Bertz CT molecular complexity index is 940. The molecule has 144 valence electrons. The second kappa shape index (κ2) is 8.29. The second-order valence-corrected chi connectivity index (χ2v) is 8.82. The van der Waals surface area contributed by atoms with Crippen molar-refractivity contribution in [1.82, 2.24) is 9.62 Å². The van der Waals surface area contributed by atoms with Crippen molar-refractivity contribution in [1.29, 1.82) is 0 Å². The lowest BCUT2D eigenvalue weighted by molar-refractivity contribution is 0.0950. The molecular weight excluding hydrogens is 388 g/mol. The highest BCUT2D eigenvalue weighted by Crippen LogP contribution is 2.23. The average molecular weight is 409 g/mol. The van der Waals surface area contributed by atoms with E-state index in [1.165, 1.54) is 22.5 Å². The summed E-state index contributed by atoms with van der Waals surface area (Å²) in [6, 6.07) is 10.6. The molecule has 0 atom stereocenters. The van der Waals surface area contributed by atoms with Gasteiger partial charge in [0.25, 0.3) is 5.91 Å². The van der Waals surface area contributed by atoms with Gasteiger partial charge in [0.2, 0.25) is 10.0 Å². The van der Waals surface area contributed by atoms with Gasteiger partial charge in [-0.25, -0.2) is 8.42 Å². The molecule has 1 aliphatic heterocycles. The minimum atomic E-state index is -3.60. The SMILES string of the molecule is O=C(NCc1cc(Cl)ccc1O)c1cccc(S(=O)(=O)N2CCCCC2)c1. The fraction of sp³-hybridized carbons (Fsp3) is 0.316. The van der Waals surface area contributed by atoms with E-state index >= 15 is 0 Å². The molecule has 1 fully saturated rings. The Kier molecular flexibility index (Phi) is 6.04. The summed E-state index contributed by atoms with van der Waals surface area (Å²) in [4.78, 5) is 12.5. The van der Waals surface area contributed by atoms with E-state index in [9.17, 15) is 18.3 Å². The van der Waals surface area contributed by atoms with Gasteiger partial charge in [0.15, 0.2) is 0 Å². The molecule has 0 radical (unpaired) electrons. The minimum absolute atomic E-state index is 0.0288. The number of phenols is 1. The van der Waals surface area contributed by atoms with Gasteiger partial charge >= 0.3 is 0 Å². The first-order valence-electron chi connectivity index (χ1n) is 8.74. The Balaban J connectivity index is 1.74. The zero-order chi connectivity index (χ0) is 19.4. The quantitative estimate of drug-likeness (QED) is 0.795. The smallest absolute Gasteiger partial charge is 0.251 e. The van der Waals surface area contributed by atoms with Crippen LogP contribution < -0.4 is 5.32 Å². The first-order valence-corrected chi connectivity index (χ1v) is 10.6. The van der Waals surface area contributed by atoms with E-state index in [0.29, 0.717) is 23.7 Å². The summed E-state index contributed by atoms with van der Waals surface area (Å²) < 4.78 is 27.0. The van der Waals surface area contributed by atoms with Crippen LogP contribution in [0.3, 0.4) is 0 Å². The van der Waals surface area contributed by atoms with Crippen LogP contribution in [0.2, 0.25) is 5.02 Å². The molecule has 2 N–H and O–H groups in total. The van der Waals surface area contributed by atoms with Gasteiger partial charge in [-0.3, -0.25) is 4.79 Å². The summed E-state index contributed by atoms with van der Waals surface area (Å²) in [6.45, 7) is 1.09. The molecule has 2 aromatic rings. The lowest BCUT2D eigenvalue weighted by Crippen LogP contribution is -2.35. The summed E-state index contributed by atoms with van der Waals surface area (Å²) in [6.07, 6.45) is 2.73. The third-order valence-corrected chi connectivity index (χ3v) is 6.66. The molecule has 0 aromatic heterocycles. The summed E-state index contributed by atoms with van der Waals surface area (Å²) in [5.41, 5.74) is 0.725. The standard InChI is InChI=1S/C19H21ClN2O4S/c20-16-7-8-18(23)15(11-16)13-21-19(24)14-5-4-6-17(12-14)27(25,26)22-9-2-1-3-10-22/h4-8,11-12,23H,1-3,9-10,13H2,(H,21,24). The van der Waals surface area contributed by atoms with E-state index < -0.39 is 15.9 Å². The number of hydrogen-bond acceptors (Lipinski definition) is 4. The van der Waals surface area contributed by atoms with Crippen molar-refractivity contribution in [2.75, 3.05) is 13.1 Å². The summed E-state index contributed by atoms with van der Waals surface area (Å²) in [7, 11) is -3.60. The number of benzene rings is 2. The molecule has 3 rings (SSSR count). The average Bonchev–Trinajstić information content (AvgIpc) is 2.69. The molecule has 27 heavy (non-hydrogen) atoms. The number of sulfonamides is 1. The first kappa shape index (κ1) is 19.7. The number of carbonyl (C=O) groups is 1. The first-order chi connectivity index (χ1) is 12.9. The fourth-order valence-corrected chi connectivity index (χ4v) is 4.78. The summed E-state index contributed by atoms with van der Waals surface area (Å²) in [5, 5.41) is 12.9. The van der Waals surface area contributed by atoms with Crippen LogP contribution in [0.5, 0.6) is 5.75 Å². The van der Waals surface area contributed by atoms with Crippen molar-refractivity contribution in [3.63, 3.8) is 0 Å². The number of nitrogens with zero attached hydrogens (tertiary/aromatic N) is 1. The number of hydrogen-bond donors (Lipinski definition) is 2. The van der Waals surface area contributed by atoms with Gasteiger partial charge in [-0.05, 0) is 49.2 Å². The van der Waals surface area contributed by atoms with Gasteiger partial charge in [-0.15, -0.1) is 0 Å². The number of piperidine rings is 1. The number of nitrogens with one attached hydrogen (secondary N) is 1. The maximum Gasteiger partial charge on any atom is 0.251 e. The highest BCUT2D eigenvalue weighted by atomic mass is 35.5. The van der Waals surface area contributed by atoms with Gasteiger partial charge in [0, 0.05) is 35.8 Å². The predicted octanol–water partition coefficient (Wildman–Crippen LogP) is 3.15. The Morgan fingerprint density at radius 2 is 1.85 bits per heavy atom. The van der Waals surface area contributed by atoms with Crippen LogP contribution >= 0.6 is 11.6 Å². The molecule has 1 amide bonds. The van der Waals surface area contributed by atoms with Crippen LogP contribution in [0.4, 0.5) is 0 Å². The molecule has 0 bridgehead atoms. The lowest BCUT2D eigenvalue weighted by Gasteiger charge is -2.26. The number of carbonyl (C=O) groups excluding carboxylic acids is 1. The molecule has 1 saturated heterocycles. The maximum absolute atomic E-state index is 12.8. The number of halogens is 1. The fourth-order valence-electron chi connectivity index (χ4n) is 3.03. The molecule has 0 unspecified atom stereocenters.